The Bertz CT molecular complexity index is 688. The van der Waals surface area contributed by atoms with E-state index in [2.05, 4.69) is 0 Å². The van der Waals surface area contributed by atoms with E-state index in [0.717, 1.165) is 12.3 Å². The van der Waals surface area contributed by atoms with Crippen molar-refractivity contribution in [3.05, 3.63) is 28.8 Å². The molecule has 0 saturated heterocycles. The van der Waals surface area contributed by atoms with Crippen LogP contribution in [-0.4, -0.2) is 38.8 Å². The first-order valence-corrected chi connectivity index (χ1v) is 8.55. The van der Waals surface area contributed by atoms with Gasteiger partial charge in [-0.05, 0) is 39.0 Å². The van der Waals surface area contributed by atoms with Crippen LogP contribution in [-0.2, 0) is 24.1 Å². The lowest BCUT2D eigenvalue weighted by atomic mass is 10.2. The average Bonchev–Trinajstić information content (AvgIpc) is 2.33. The third-order valence-corrected chi connectivity index (χ3v) is 3.77. The fourth-order valence-corrected chi connectivity index (χ4v) is 2.31. The fourth-order valence-electron chi connectivity index (χ4n) is 1.46. The normalized spacial score (nSPS) is 11.9. The van der Waals surface area contributed by atoms with E-state index in [-0.39, 0.29) is 15.5 Å². The van der Waals surface area contributed by atoms with Crippen LogP contribution in [0.4, 0.5) is 0 Å². The molecule has 0 saturated carbocycles. The van der Waals surface area contributed by atoms with E-state index in [1.165, 1.54) is 12.1 Å². The number of esters is 2. The largest absolute Gasteiger partial charge is 0.457 e. The lowest BCUT2D eigenvalue weighted by Gasteiger charge is -2.19. The van der Waals surface area contributed by atoms with Gasteiger partial charge in [-0.1, -0.05) is 11.6 Å². The Labute approximate surface area is 134 Å². The fraction of sp³-hybridized carbons (Fsp3) is 0.429. The highest BCUT2D eigenvalue weighted by Crippen LogP contribution is 2.21. The Morgan fingerprint density at radius 2 is 1.82 bits per heavy atom. The van der Waals surface area contributed by atoms with Crippen molar-refractivity contribution in [2.24, 2.45) is 0 Å². The minimum atomic E-state index is -3.49. The monoisotopic (exact) mass is 348 g/mol. The van der Waals surface area contributed by atoms with Gasteiger partial charge in [-0.15, -0.1) is 0 Å². The highest BCUT2D eigenvalue weighted by atomic mass is 35.5. The van der Waals surface area contributed by atoms with Gasteiger partial charge in [0.15, 0.2) is 16.4 Å². The lowest BCUT2D eigenvalue weighted by Crippen LogP contribution is -2.27. The third kappa shape index (κ3) is 5.65. The summed E-state index contributed by atoms with van der Waals surface area (Å²) in [6.45, 7) is 4.45. The van der Waals surface area contributed by atoms with Gasteiger partial charge in [0.25, 0.3) is 0 Å². The van der Waals surface area contributed by atoms with Gasteiger partial charge in [-0.3, -0.25) is 0 Å². The zero-order valence-electron chi connectivity index (χ0n) is 12.7. The first-order chi connectivity index (χ1) is 9.90. The summed E-state index contributed by atoms with van der Waals surface area (Å²) < 4.78 is 32.7. The highest BCUT2D eigenvalue weighted by molar-refractivity contribution is 7.90. The number of hydrogen-bond donors (Lipinski definition) is 0. The summed E-state index contributed by atoms with van der Waals surface area (Å²) in [5.41, 5.74) is -0.828. The summed E-state index contributed by atoms with van der Waals surface area (Å²) in [5.74, 6) is -1.61. The molecular weight excluding hydrogens is 332 g/mol. The number of carbonyl (C=O) groups excluding carboxylic acids is 2. The van der Waals surface area contributed by atoms with Crippen LogP contribution in [0, 0.1) is 0 Å². The molecule has 122 valence electrons. The van der Waals surface area contributed by atoms with Gasteiger partial charge in [0.2, 0.25) is 0 Å². The predicted octanol–water partition coefficient (Wildman–Crippen LogP) is 2.24. The van der Waals surface area contributed by atoms with Crippen LogP contribution >= 0.6 is 11.6 Å². The molecule has 0 aliphatic heterocycles. The number of halogens is 1. The Kier molecular flexibility index (Phi) is 5.59. The number of hydrogen-bond acceptors (Lipinski definition) is 6. The highest BCUT2D eigenvalue weighted by Gasteiger charge is 2.20. The van der Waals surface area contributed by atoms with Gasteiger partial charge in [-0.25, -0.2) is 18.0 Å². The van der Waals surface area contributed by atoms with Gasteiger partial charge in [-0.2, -0.15) is 0 Å². The molecule has 0 aromatic heterocycles. The van der Waals surface area contributed by atoms with Crippen LogP contribution in [0.25, 0.3) is 0 Å². The number of benzene rings is 1. The van der Waals surface area contributed by atoms with Crippen molar-refractivity contribution in [1.29, 1.82) is 0 Å². The first-order valence-electron chi connectivity index (χ1n) is 6.29. The Morgan fingerprint density at radius 3 is 2.32 bits per heavy atom. The van der Waals surface area contributed by atoms with Crippen molar-refractivity contribution in [1.82, 2.24) is 0 Å². The van der Waals surface area contributed by atoms with Gasteiger partial charge >= 0.3 is 11.9 Å². The van der Waals surface area contributed by atoms with Crippen molar-refractivity contribution in [3.8, 4) is 0 Å². The Morgan fingerprint density at radius 1 is 1.23 bits per heavy atom. The summed E-state index contributed by atoms with van der Waals surface area (Å²) in [5, 5.41) is 0.0292. The van der Waals surface area contributed by atoms with Crippen LogP contribution in [0.2, 0.25) is 5.02 Å². The second-order valence-electron chi connectivity index (χ2n) is 5.58. The molecule has 0 N–H and O–H groups in total. The number of sulfone groups is 1. The van der Waals surface area contributed by atoms with E-state index in [4.69, 9.17) is 21.1 Å². The molecule has 0 radical (unpaired) electrons. The van der Waals surface area contributed by atoms with Crippen LogP contribution in [0.15, 0.2) is 23.1 Å². The van der Waals surface area contributed by atoms with Gasteiger partial charge in [0.05, 0.1) is 15.5 Å². The SMILES string of the molecule is CC(C)(C)OC(=O)COC(=O)c1cc(S(C)(=O)=O)ccc1Cl. The minimum Gasteiger partial charge on any atom is -0.457 e. The third-order valence-electron chi connectivity index (χ3n) is 2.33. The van der Waals surface area contributed by atoms with Crippen molar-refractivity contribution >= 4 is 33.4 Å². The van der Waals surface area contributed by atoms with Crippen LogP contribution in [0.1, 0.15) is 31.1 Å². The topological polar surface area (TPSA) is 86.7 Å². The zero-order chi connectivity index (χ0) is 17.1. The van der Waals surface area contributed by atoms with Crippen molar-refractivity contribution in [2.45, 2.75) is 31.3 Å². The molecule has 0 amide bonds. The van der Waals surface area contributed by atoms with Crippen molar-refractivity contribution < 1.29 is 27.5 Å². The second kappa shape index (κ2) is 6.66. The quantitative estimate of drug-likeness (QED) is 0.775. The van der Waals surface area contributed by atoms with Crippen LogP contribution in [0.3, 0.4) is 0 Å². The van der Waals surface area contributed by atoms with Gasteiger partial charge < -0.3 is 9.47 Å². The van der Waals surface area contributed by atoms with Crippen LogP contribution < -0.4 is 0 Å². The Balaban J connectivity index is 2.84. The minimum absolute atomic E-state index is 0.0292. The van der Waals surface area contributed by atoms with E-state index in [0.29, 0.717) is 0 Å². The molecule has 0 atom stereocenters. The molecule has 1 rings (SSSR count). The molecule has 0 bridgehead atoms. The lowest BCUT2D eigenvalue weighted by molar-refractivity contribution is -0.158. The summed E-state index contributed by atoms with van der Waals surface area (Å²) in [6, 6.07) is 3.67. The van der Waals surface area contributed by atoms with E-state index in [1.807, 2.05) is 0 Å². The van der Waals surface area contributed by atoms with E-state index in [9.17, 15) is 18.0 Å². The van der Waals surface area contributed by atoms with E-state index in [1.54, 1.807) is 20.8 Å². The predicted molar refractivity (Wildman–Crippen MR) is 80.7 cm³/mol. The maximum Gasteiger partial charge on any atom is 0.344 e. The maximum absolute atomic E-state index is 11.9. The standard InChI is InChI=1S/C14H17ClO6S/c1-14(2,3)21-12(16)8-20-13(17)10-7-9(22(4,18)19)5-6-11(10)15/h5-7H,8H2,1-4H3. The summed E-state index contributed by atoms with van der Waals surface area (Å²) in [6.07, 6.45) is 1.01. The molecule has 6 nitrogen and oxygen atoms in total. The smallest absolute Gasteiger partial charge is 0.344 e. The first kappa shape index (κ1) is 18.4. The van der Waals surface area contributed by atoms with Gasteiger partial charge in [0, 0.05) is 6.26 Å². The molecule has 22 heavy (non-hydrogen) atoms. The van der Waals surface area contributed by atoms with Crippen molar-refractivity contribution in [2.75, 3.05) is 12.9 Å². The summed E-state index contributed by atoms with van der Waals surface area (Å²) in [4.78, 5) is 23.3. The summed E-state index contributed by atoms with van der Waals surface area (Å²) >= 11 is 5.85. The van der Waals surface area contributed by atoms with E-state index < -0.39 is 34.0 Å². The molecule has 0 heterocycles. The van der Waals surface area contributed by atoms with Gasteiger partial charge in [0.1, 0.15) is 5.60 Å². The molecular formula is C14H17ClO6S. The van der Waals surface area contributed by atoms with Crippen LogP contribution in [0.5, 0.6) is 0 Å². The van der Waals surface area contributed by atoms with E-state index >= 15 is 0 Å². The Hall–Kier alpha value is -1.60. The molecule has 1 aromatic carbocycles. The molecule has 0 aliphatic rings. The molecule has 1 aromatic rings. The zero-order valence-corrected chi connectivity index (χ0v) is 14.2. The second-order valence-corrected chi connectivity index (χ2v) is 8.00. The molecule has 0 aliphatic carbocycles. The maximum atomic E-state index is 11.9. The number of carbonyl (C=O) groups is 2. The molecule has 0 fully saturated rings. The average molecular weight is 349 g/mol. The number of ether oxygens (including phenoxy) is 2. The van der Waals surface area contributed by atoms with Crippen molar-refractivity contribution in [3.63, 3.8) is 0 Å². The number of rotatable bonds is 4. The summed E-state index contributed by atoms with van der Waals surface area (Å²) in [7, 11) is -3.49. The molecule has 8 heteroatoms. The molecule has 0 spiro atoms. The molecule has 0 unspecified atom stereocenters.